The van der Waals surface area contributed by atoms with Crippen LogP contribution in [0.2, 0.25) is 0 Å². The van der Waals surface area contributed by atoms with E-state index in [1.165, 1.54) is 4.70 Å². The first-order valence-corrected chi connectivity index (χ1v) is 7.52. The van der Waals surface area contributed by atoms with Crippen LogP contribution in [0, 0.1) is 5.92 Å². The van der Waals surface area contributed by atoms with E-state index in [2.05, 4.69) is 11.1 Å². The molecule has 0 aliphatic carbocycles. The zero-order chi connectivity index (χ0) is 13.9. The van der Waals surface area contributed by atoms with E-state index in [9.17, 15) is 4.79 Å². The Morgan fingerprint density at radius 2 is 2.35 bits per heavy atom. The number of hydrogen-bond donors (Lipinski definition) is 1. The molecular formula is C14H16N2O3S. The van der Waals surface area contributed by atoms with Crippen molar-refractivity contribution in [3.8, 4) is 0 Å². The minimum absolute atomic E-state index is 0.406. The monoisotopic (exact) mass is 292 g/mol. The Morgan fingerprint density at radius 1 is 1.50 bits per heavy atom. The number of carbonyl (C=O) groups is 1. The Kier molecular flexibility index (Phi) is 3.84. The molecule has 0 saturated carbocycles. The highest BCUT2D eigenvalue weighted by molar-refractivity contribution is 7.18. The fourth-order valence-electron chi connectivity index (χ4n) is 2.64. The second-order valence-electron chi connectivity index (χ2n) is 5.03. The molecule has 1 atom stereocenters. The summed E-state index contributed by atoms with van der Waals surface area (Å²) in [6, 6.07) is 8.12. The van der Waals surface area contributed by atoms with Crippen molar-refractivity contribution in [3.63, 3.8) is 0 Å². The van der Waals surface area contributed by atoms with Gasteiger partial charge in [0.25, 0.3) is 0 Å². The fourth-order valence-corrected chi connectivity index (χ4v) is 3.72. The summed E-state index contributed by atoms with van der Waals surface area (Å²) in [5, 5.41) is 11.3. The quantitative estimate of drug-likeness (QED) is 0.941. The van der Waals surface area contributed by atoms with Gasteiger partial charge in [-0.15, -0.1) is 16.4 Å². The summed E-state index contributed by atoms with van der Waals surface area (Å²) in [7, 11) is 0. The van der Waals surface area contributed by atoms with Crippen molar-refractivity contribution in [2.24, 2.45) is 5.92 Å². The maximum Gasteiger partial charge on any atom is 0.525 e. The number of fused-ring (bicyclic) bond motifs is 1. The molecule has 20 heavy (non-hydrogen) atoms. The standard InChI is InChI=1S/C14H16N2O3S/c17-14(18)19-16-7-3-4-10(9-16)8-13-15-11-5-1-2-6-12(11)20-13/h1-2,5-6,10H,3-4,7-9H2,(H,17,18). The van der Waals surface area contributed by atoms with E-state index in [4.69, 9.17) is 9.94 Å². The lowest BCUT2D eigenvalue weighted by molar-refractivity contribution is -0.139. The van der Waals surface area contributed by atoms with Crippen molar-refractivity contribution >= 4 is 27.7 Å². The molecule has 2 aromatic rings. The zero-order valence-electron chi connectivity index (χ0n) is 11.0. The van der Waals surface area contributed by atoms with Gasteiger partial charge in [-0.05, 0) is 30.9 Å². The molecular weight excluding hydrogens is 276 g/mol. The van der Waals surface area contributed by atoms with Crippen molar-refractivity contribution in [1.82, 2.24) is 10.0 Å². The second-order valence-corrected chi connectivity index (χ2v) is 6.15. The zero-order valence-corrected chi connectivity index (χ0v) is 11.8. The molecule has 0 bridgehead atoms. The SMILES string of the molecule is O=C(O)ON1CCCC(Cc2nc3ccccc3s2)C1. The molecule has 3 rings (SSSR count). The Hall–Kier alpha value is -1.66. The predicted molar refractivity (Wildman–Crippen MR) is 76.7 cm³/mol. The average Bonchev–Trinajstić information content (AvgIpc) is 2.80. The van der Waals surface area contributed by atoms with E-state index >= 15 is 0 Å². The maximum atomic E-state index is 10.6. The molecule has 1 fully saturated rings. The Labute approximate surface area is 120 Å². The van der Waals surface area contributed by atoms with Crippen molar-refractivity contribution in [3.05, 3.63) is 29.3 Å². The summed E-state index contributed by atoms with van der Waals surface area (Å²) in [6.45, 7) is 1.34. The molecule has 5 nitrogen and oxygen atoms in total. The van der Waals surface area contributed by atoms with Gasteiger partial charge in [-0.1, -0.05) is 12.1 Å². The lowest BCUT2D eigenvalue weighted by Gasteiger charge is -2.29. The van der Waals surface area contributed by atoms with Crippen molar-refractivity contribution in [2.45, 2.75) is 19.3 Å². The third-order valence-electron chi connectivity index (χ3n) is 3.49. The van der Waals surface area contributed by atoms with E-state index in [1.54, 1.807) is 16.4 Å². The minimum Gasteiger partial charge on any atom is -0.448 e. The van der Waals surface area contributed by atoms with Crippen LogP contribution in [0.5, 0.6) is 0 Å². The molecule has 0 radical (unpaired) electrons. The molecule has 106 valence electrons. The number of benzene rings is 1. The molecule has 2 heterocycles. The van der Waals surface area contributed by atoms with Gasteiger partial charge in [0.1, 0.15) is 0 Å². The fraction of sp³-hybridized carbons (Fsp3) is 0.429. The molecule has 6 heteroatoms. The third kappa shape index (κ3) is 3.08. The largest absolute Gasteiger partial charge is 0.525 e. The van der Waals surface area contributed by atoms with E-state index in [0.717, 1.165) is 29.8 Å². The molecule has 1 N–H and O–H groups in total. The van der Waals surface area contributed by atoms with Crippen molar-refractivity contribution in [2.75, 3.05) is 13.1 Å². The van der Waals surface area contributed by atoms with E-state index < -0.39 is 6.16 Å². The molecule has 1 aromatic heterocycles. The van der Waals surface area contributed by atoms with Gasteiger partial charge in [0.05, 0.1) is 15.2 Å². The van der Waals surface area contributed by atoms with Crippen molar-refractivity contribution < 1.29 is 14.7 Å². The van der Waals surface area contributed by atoms with Crippen LogP contribution in [-0.4, -0.2) is 34.4 Å². The van der Waals surface area contributed by atoms with Gasteiger partial charge in [-0.3, -0.25) is 0 Å². The number of aromatic nitrogens is 1. The van der Waals surface area contributed by atoms with Crippen LogP contribution in [0.15, 0.2) is 24.3 Å². The van der Waals surface area contributed by atoms with E-state index in [0.29, 0.717) is 19.0 Å². The number of hydroxylamine groups is 2. The lowest BCUT2D eigenvalue weighted by Crippen LogP contribution is -2.37. The second kappa shape index (κ2) is 5.76. The van der Waals surface area contributed by atoms with Gasteiger partial charge < -0.3 is 9.94 Å². The topological polar surface area (TPSA) is 62.7 Å². The molecule has 1 aromatic carbocycles. The Morgan fingerprint density at radius 3 is 3.15 bits per heavy atom. The van der Waals surface area contributed by atoms with Gasteiger partial charge in [0.15, 0.2) is 0 Å². The molecule has 1 aliphatic rings. The average molecular weight is 292 g/mol. The summed E-state index contributed by atoms with van der Waals surface area (Å²) in [4.78, 5) is 20.0. The van der Waals surface area contributed by atoms with Gasteiger partial charge in [0.2, 0.25) is 0 Å². The molecule has 1 unspecified atom stereocenters. The number of carboxylic acid groups (broad SMARTS) is 1. The van der Waals surface area contributed by atoms with Crippen LogP contribution in [0.4, 0.5) is 4.79 Å². The summed E-state index contributed by atoms with van der Waals surface area (Å²) >= 11 is 1.72. The maximum absolute atomic E-state index is 10.6. The van der Waals surface area contributed by atoms with Gasteiger partial charge in [-0.25, -0.2) is 9.78 Å². The van der Waals surface area contributed by atoms with E-state index in [-0.39, 0.29) is 0 Å². The highest BCUT2D eigenvalue weighted by Crippen LogP contribution is 2.27. The van der Waals surface area contributed by atoms with E-state index in [1.807, 2.05) is 18.2 Å². The van der Waals surface area contributed by atoms with Crippen molar-refractivity contribution in [1.29, 1.82) is 0 Å². The number of hydrogen-bond acceptors (Lipinski definition) is 5. The Bertz CT molecular complexity index is 580. The van der Waals surface area contributed by atoms with Crippen LogP contribution >= 0.6 is 11.3 Å². The first kappa shape index (κ1) is 13.3. The smallest absolute Gasteiger partial charge is 0.448 e. The Balaban J connectivity index is 1.66. The number of thiazole rings is 1. The number of nitrogens with zero attached hydrogens (tertiary/aromatic N) is 2. The highest BCUT2D eigenvalue weighted by atomic mass is 32.1. The van der Waals surface area contributed by atoms with Gasteiger partial charge in [0, 0.05) is 19.5 Å². The lowest BCUT2D eigenvalue weighted by atomic mass is 9.96. The number of rotatable bonds is 3. The molecule has 0 spiro atoms. The predicted octanol–water partition coefficient (Wildman–Crippen LogP) is 3.16. The summed E-state index contributed by atoms with van der Waals surface area (Å²) in [5.74, 6) is 0.406. The minimum atomic E-state index is -1.23. The third-order valence-corrected chi connectivity index (χ3v) is 4.55. The first-order chi connectivity index (χ1) is 9.70. The summed E-state index contributed by atoms with van der Waals surface area (Å²) in [5.41, 5.74) is 1.04. The molecule has 0 amide bonds. The first-order valence-electron chi connectivity index (χ1n) is 6.71. The molecule has 1 aliphatic heterocycles. The normalized spacial score (nSPS) is 20.1. The van der Waals surface area contributed by atoms with Crippen LogP contribution in [0.25, 0.3) is 10.2 Å². The summed E-state index contributed by atoms with van der Waals surface area (Å²) < 4.78 is 1.21. The highest BCUT2D eigenvalue weighted by Gasteiger charge is 2.23. The van der Waals surface area contributed by atoms with Gasteiger partial charge >= 0.3 is 6.16 Å². The van der Waals surface area contributed by atoms with Crippen LogP contribution in [0.3, 0.4) is 0 Å². The number of piperidine rings is 1. The van der Waals surface area contributed by atoms with Crippen LogP contribution < -0.4 is 0 Å². The van der Waals surface area contributed by atoms with Crippen LogP contribution in [0.1, 0.15) is 17.8 Å². The number of para-hydroxylation sites is 1. The molecule has 1 saturated heterocycles. The summed E-state index contributed by atoms with van der Waals surface area (Å²) in [6.07, 6.45) is 1.71. The van der Waals surface area contributed by atoms with Crippen LogP contribution in [-0.2, 0) is 11.3 Å². The van der Waals surface area contributed by atoms with Gasteiger partial charge in [-0.2, -0.15) is 0 Å².